The zero-order chi connectivity index (χ0) is 20.8. The molecule has 0 aromatic heterocycles. The minimum atomic E-state index is -1.13. The first-order valence-electron chi connectivity index (χ1n) is 8.52. The van der Waals surface area contributed by atoms with E-state index in [-0.39, 0.29) is 17.9 Å². The topological polar surface area (TPSA) is 92.5 Å². The number of hydrogen-bond acceptors (Lipinski definition) is 3. The van der Waals surface area contributed by atoms with Gasteiger partial charge in [0, 0.05) is 19.0 Å². The quantitative estimate of drug-likeness (QED) is 0.741. The number of carbonyl (C=O) groups is 3. The number of benzene rings is 2. The molecular weight excluding hydrogens is 385 g/mol. The van der Waals surface area contributed by atoms with Crippen molar-refractivity contribution in [3.63, 3.8) is 0 Å². The van der Waals surface area contributed by atoms with Crippen LogP contribution < -0.4 is 11.1 Å². The van der Waals surface area contributed by atoms with Gasteiger partial charge in [-0.05, 0) is 35.4 Å². The van der Waals surface area contributed by atoms with Crippen molar-refractivity contribution >= 4 is 29.3 Å². The number of hydrogen-bond donors (Lipinski definition) is 2. The van der Waals surface area contributed by atoms with Gasteiger partial charge in [-0.2, -0.15) is 0 Å². The van der Waals surface area contributed by atoms with Crippen molar-refractivity contribution in [1.82, 2.24) is 10.2 Å². The van der Waals surface area contributed by atoms with E-state index in [1.807, 2.05) is 0 Å². The summed E-state index contributed by atoms with van der Waals surface area (Å²) < 4.78 is 13.5. The Kier molecular flexibility index (Phi) is 7.12. The van der Waals surface area contributed by atoms with E-state index in [1.165, 1.54) is 32.2 Å². The molecule has 2 aromatic carbocycles. The second-order valence-electron chi connectivity index (χ2n) is 6.37. The minimum absolute atomic E-state index is 0.114. The third-order valence-electron chi connectivity index (χ3n) is 4.24. The molecular formula is C20H21ClFN3O3. The van der Waals surface area contributed by atoms with Crippen molar-refractivity contribution in [3.05, 3.63) is 70.5 Å². The molecule has 3 N–H and O–H groups in total. The smallest absolute Gasteiger partial charge is 0.244 e. The summed E-state index contributed by atoms with van der Waals surface area (Å²) in [5.74, 6) is -2.08. The number of nitrogens with zero attached hydrogens (tertiary/aromatic N) is 1. The Morgan fingerprint density at radius 2 is 1.79 bits per heavy atom. The maximum Gasteiger partial charge on any atom is 0.244 e. The summed E-state index contributed by atoms with van der Waals surface area (Å²) in [6, 6.07) is 10.3. The lowest BCUT2D eigenvalue weighted by molar-refractivity contribution is -0.138. The van der Waals surface area contributed by atoms with Gasteiger partial charge in [0.25, 0.3) is 0 Å². The van der Waals surface area contributed by atoms with Crippen molar-refractivity contribution in [3.8, 4) is 0 Å². The molecule has 8 heteroatoms. The van der Waals surface area contributed by atoms with Gasteiger partial charge in [-0.15, -0.1) is 0 Å². The molecule has 0 aliphatic heterocycles. The maximum atomic E-state index is 13.5. The number of nitrogens with one attached hydrogen (secondary N) is 1. The highest BCUT2D eigenvalue weighted by atomic mass is 35.5. The first-order chi connectivity index (χ1) is 13.2. The molecule has 2 unspecified atom stereocenters. The van der Waals surface area contributed by atoms with Crippen molar-refractivity contribution in [2.75, 3.05) is 7.05 Å². The lowest BCUT2D eigenvalue weighted by Crippen LogP contribution is -2.41. The summed E-state index contributed by atoms with van der Waals surface area (Å²) in [6.07, 6.45) is -0.114. The SMILES string of the molecule is CC(=O)NC(CC(=O)N(C)C(C(N)=O)c1cccc(F)c1)c1ccc(Cl)cc1. The molecule has 3 amide bonds. The molecule has 0 saturated carbocycles. The average molecular weight is 406 g/mol. The van der Waals surface area contributed by atoms with Crippen LogP contribution in [0.25, 0.3) is 0 Å². The Balaban J connectivity index is 2.25. The number of carbonyl (C=O) groups excluding carboxylic acids is 3. The fraction of sp³-hybridized carbons (Fsp3) is 0.250. The van der Waals surface area contributed by atoms with E-state index in [0.717, 1.165) is 11.0 Å². The molecule has 2 atom stereocenters. The van der Waals surface area contributed by atoms with Crippen LogP contribution in [0.2, 0.25) is 5.02 Å². The van der Waals surface area contributed by atoms with Gasteiger partial charge in [0.05, 0.1) is 12.5 Å². The number of primary amides is 1. The largest absolute Gasteiger partial charge is 0.368 e. The van der Waals surface area contributed by atoms with E-state index >= 15 is 0 Å². The number of nitrogens with two attached hydrogens (primary N) is 1. The summed E-state index contributed by atoms with van der Waals surface area (Å²) >= 11 is 5.89. The highest BCUT2D eigenvalue weighted by molar-refractivity contribution is 6.30. The van der Waals surface area contributed by atoms with Crippen LogP contribution in [0.5, 0.6) is 0 Å². The average Bonchev–Trinajstić information content (AvgIpc) is 2.61. The molecule has 0 spiro atoms. The highest BCUT2D eigenvalue weighted by Gasteiger charge is 2.29. The van der Waals surface area contributed by atoms with Crippen molar-refractivity contribution in [2.24, 2.45) is 5.73 Å². The van der Waals surface area contributed by atoms with Gasteiger partial charge in [0.1, 0.15) is 11.9 Å². The zero-order valence-electron chi connectivity index (χ0n) is 15.5. The zero-order valence-corrected chi connectivity index (χ0v) is 16.2. The van der Waals surface area contributed by atoms with Crippen LogP contribution in [0, 0.1) is 5.82 Å². The van der Waals surface area contributed by atoms with Crippen molar-refractivity contribution < 1.29 is 18.8 Å². The van der Waals surface area contributed by atoms with E-state index in [0.29, 0.717) is 10.6 Å². The molecule has 148 valence electrons. The summed E-state index contributed by atoms with van der Waals surface area (Å²) in [4.78, 5) is 37.5. The molecule has 0 saturated heterocycles. The summed E-state index contributed by atoms with van der Waals surface area (Å²) in [6.45, 7) is 1.34. The minimum Gasteiger partial charge on any atom is -0.368 e. The van der Waals surface area contributed by atoms with E-state index in [4.69, 9.17) is 17.3 Å². The molecule has 2 aromatic rings. The van der Waals surface area contributed by atoms with Gasteiger partial charge < -0.3 is 16.0 Å². The van der Waals surface area contributed by atoms with E-state index in [1.54, 1.807) is 24.3 Å². The van der Waals surface area contributed by atoms with Crippen LogP contribution in [0.15, 0.2) is 48.5 Å². The second kappa shape index (κ2) is 9.32. The van der Waals surface area contributed by atoms with Gasteiger partial charge in [0.2, 0.25) is 17.7 Å². The predicted octanol–water partition coefficient (Wildman–Crippen LogP) is 2.73. The van der Waals surface area contributed by atoms with Gasteiger partial charge >= 0.3 is 0 Å². The van der Waals surface area contributed by atoms with E-state index in [2.05, 4.69) is 5.32 Å². The summed E-state index contributed by atoms with van der Waals surface area (Å²) in [5.41, 5.74) is 6.41. The third kappa shape index (κ3) is 5.53. The molecule has 0 fully saturated rings. The lowest BCUT2D eigenvalue weighted by Gasteiger charge is -2.28. The Hall–Kier alpha value is -2.93. The van der Waals surface area contributed by atoms with Crippen LogP contribution in [-0.4, -0.2) is 29.7 Å². The number of rotatable bonds is 7. The second-order valence-corrected chi connectivity index (χ2v) is 6.81. The maximum absolute atomic E-state index is 13.5. The van der Waals surface area contributed by atoms with Gasteiger partial charge in [0.15, 0.2) is 0 Å². The van der Waals surface area contributed by atoms with Gasteiger partial charge in [-0.3, -0.25) is 14.4 Å². The van der Waals surface area contributed by atoms with Crippen molar-refractivity contribution in [1.29, 1.82) is 0 Å². The molecule has 0 aliphatic rings. The Bertz CT molecular complexity index is 873. The molecule has 0 bridgehead atoms. The predicted molar refractivity (Wildman–Crippen MR) is 104 cm³/mol. The monoisotopic (exact) mass is 405 g/mol. The standard InChI is InChI=1S/C20H21ClFN3O3/c1-12(26)24-17(13-6-8-15(21)9-7-13)11-18(27)25(2)19(20(23)28)14-4-3-5-16(22)10-14/h3-10,17,19H,11H2,1-2H3,(H2,23,28)(H,24,26). The third-order valence-corrected chi connectivity index (χ3v) is 4.50. The highest BCUT2D eigenvalue weighted by Crippen LogP contribution is 2.25. The molecule has 6 nitrogen and oxygen atoms in total. The Morgan fingerprint density at radius 3 is 2.32 bits per heavy atom. The molecule has 28 heavy (non-hydrogen) atoms. The summed E-state index contributed by atoms with van der Waals surface area (Å²) in [5, 5.41) is 3.23. The van der Waals surface area contributed by atoms with Crippen LogP contribution in [0.1, 0.15) is 36.6 Å². The number of halogens is 2. The van der Waals surface area contributed by atoms with Crippen LogP contribution in [0.3, 0.4) is 0 Å². The first-order valence-corrected chi connectivity index (χ1v) is 8.90. The number of amides is 3. The number of likely N-dealkylation sites (N-methyl/N-ethyl adjacent to an activating group) is 1. The van der Waals surface area contributed by atoms with Gasteiger partial charge in [-0.1, -0.05) is 35.9 Å². The van der Waals surface area contributed by atoms with Crippen LogP contribution in [0.4, 0.5) is 4.39 Å². The first kappa shape index (κ1) is 21.4. The molecule has 0 aliphatic carbocycles. The Morgan fingerprint density at radius 1 is 1.14 bits per heavy atom. The Labute approximate surface area is 167 Å². The van der Waals surface area contributed by atoms with E-state index in [9.17, 15) is 18.8 Å². The normalized spacial score (nSPS) is 12.7. The fourth-order valence-corrected chi connectivity index (χ4v) is 3.04. The van der Waals surface area contributed by atoms with Crippen LogP contribution >= 0.6 is 11.6 Å². The fourth-order valence-electron chi connectivity index (χ4n) is 2.91. The van der Waals surface area contributed by atoms with Gasteiger partial charge in [-0.25, -0.2) is 4.39 Å². The van der Waals surface area contributed by atoms with Crippen LogP contribution in [-0.2, 0) is 14.4 Å². The molecule has 0 radical (unpaired) electrons. The summed E-state index contributed by atoms with van der Waals surface area (Å²) in [7, 11) is 1.41. The van der Waals surface area contributed by atoms with E-state index < -0.39 is 29.7 Å². The van der Waals surface area contributed by atoms with Crippen molar-refractivity contribution in [2.45, 2.75) is 25.4 Å². The molecule has 0 heterocycles. The molecule has 2 rings (SSSR count). The lowest BCUT2D eigenvalue weighted by atomic mass is 10.0.